The van der Waals surface area contributed by atoms with Gasteiger partial charge in [-0.15, -0.1) is 0 Å². The van der Waals surface area contributed by atoms with E-state index in [4.69, 9.17) is 16.3 Å². The van der Waals surface area contributed by atoms with Crippen LogP contribution in [0, 0.1) is 0 Å². The molecule has 0 aliphatic carbocycles. The van der Waals surface area contributed by atoms with Gasteiger partial charge in [0.15, 0.2) is 6.10 Å². The molecule has 0 spiro atoms. The number of hydrogen-bond donors (Lipinski definition) is 0. The molecule has 2 aliphatic rings. The number of pyridine rings is 1. The van der Waals surface area contributed by atoms with Gasteiger partial charge in [-0.05, 0) is 6.07 Å². The zero-order chi connectivity index (χ0) is 16.4. The van der Waals surface area contributed by atoms with Crippen LogP contribution in [0.4, 0.5) is 14.5 Å². The summed E-state index contributed by atoms with van der Waals surface area (Å²) < 4.78 is 32.0. The molecule has 126 valence electrons. The van der Waals surface area contributed by atoms with E-state index in [1.807, 2.05) is 4.90 Å². The van der Waals surface area contributed by atoms with E-state index in [2.05, 4.69) is 4.98 Å². The second-order valence-electron chi connectivity index (χ2n) is 5.81. The number of rotatable bonds is 2. The molecule has 0 aromatic carbocycles. The van der Waals surface area contributed by atoms with Crippen molar-refractivity contribution in [3.05, 3.63) is 23.5 Å². The number of alkyl halides is 2. The number of anilines is 1. The lowest BCUT2D eigenvalue weighted by Gasteiger charge is -2.38. The molecule has 0 N–H and O–H groups in total. The van der Waals surface area contributed by atoms with E-state index in [0.717, 1.165) is 5.69 Å². The summed E-state index contributed by atoms with van der Waals surface area (Å²) in [5.74, 6) is -2.89. The standard InChI is InChI=1S/C15H18ClF2N3O2/c16-11-9-19-4-1-12(11)21-7-8-23-13(10-21)14(22)20-5-2-15(17,18)3-6-20/h1,4,9,13H,2-3,5-8,10H2. The SMILES string of the molecule is O=C(C1CN(c2ccncc2Cl)CCO1)N1CCC(F)(F)CC1. The van der Waals surface area contributed by atoms with Gasteiger partial charge in [0.05, 0.1) is 23.9 Å². The summed E-state index contributed by atoms with van der Waals surface area (Å²) in [6, 6.07) is 1.79. The monoisotopic (exact) mass is 345 g/mol. The van der Waals surface area contributed by atoms with E-state index < -0.39 is 12.0 Å². The maximum absolute atomic E-state index is 13.2. The van der Waals surface area contributed by atoms with Crippen molar-refractivity contribution < 1.29 is 18.3 Å². The molecular formula is C15H18ClF2N3O2. The summed E-state index contributed by atoms with van der Waals surface area (Å²) >= 11 is 6.14. The van der Waals surface area contributed by atoms with Crippen molar-refractivity contribution in [1.29, 1.82) is 0 Å². The predicted octanol–water partition coefficient (Wildman–Crippen LogP) is 2.20. The van der Waals surface area contributed by atoms with Gasteiger partial charge in [-0.1, -0.05) is 11.6 Å². The number of likely N-dealkylation sites (tertiary alicyclic amines) is 1. The minimum atomic E-state index is -2.67. The summed E-state index contributed by atoms with van der Waals surface area (Å²) in [6.45, 7) is 1.50. The lowest BCUT2D eigenvalue weighted by Crippen LogP contribution is -2.53. The Morgan fingerprint density at radius 3 is 2.78 bits per heavy atom. The molecule has 1 aromatic heterocycles. The molecule has 2 fully saturated rings. The fraction of sp³-hybridized carbons (Fsp3) is 0.600. The largest absolute Gasteiger partial charge is 0.365 e. The van der Waals surface area contributed by atoms with E-state index >= 15 is 0 Å². The Morgan fingerprint density at radius 1 is 1.35 bits per heavy atom. The van der Waals surface area contributed by atoms with E-state index in [1.54, 1.807) is 18.5 Å². The summed E-state index contributed by atoms with van der Waals surface area (Å²) in [6.07, 6.45) is 1.96. The molecule has 1 amide bonds. The van der Waals surface area contributed by atoms with Gasteiger partial charge in [-0.25, -0.2) is 8.78 Å². The molecule has 1 atom stereocenters. The van der Waals surface area contributed by atoms with Crippen LogP contribution in [-0.2, 0) is 9.53 Å². The molecule has 3 rings (SSSR count). The van der Waals surface area contributed by atoms with Crippen molar-refractivity contribution in [1.82, 2.24) is 9.88 Å². The molecule has 0 bridgehead atoms. The highest BCUT2D eigenvalue weighted by Gasteiger charge is 2.38. The van der Waals surface area contributed by atoms with Crippen LogP contribution in [0.25, 0.3) is 0 Å². The Labute approximate surface area is 138 Å². The van der Waals surface area contributed by atoms with Crippen LogP contribution in [-0.4, -0.2) is 60.6 Å². The number of halogens is 3. The molecule has 3 heterocycles. The Bertz CT molecular complexity index is 578. The summed E-state index contributed by atoms with van der Waals surface area (Å²) in [5, 5.41) is 0.512. The second-order valence-corrected chi connectivity index (χ2v) is 6.22. The van der Waals surface area contributed by atoms with Gasteiger partial charge in [0.1, 0.15) is 0 Å². The van der Waals surface area contributed by atoms with Gasteiger partial charge in [0.25, 0.3) is 11.8 Å². The van der Waals surface area contributed by atoms with Crippen LogP contribution in [0.15, 0.2) is 18.5 Å². The Hall–Kier alpha value is -1.47. The maximum Gasteiger partial charge on any atom is 0.253 e. The average molecular weight is 346 g/mol. The smallest absolute Gasteiger partial charge is 0.253 e. The quantitative estimate of drug-likeness (QED) is 0.824. The average Bonchev–Trinajstić information content (AvgIpc) is 2.55. The summed E-state index contributed by atoms with van der Waals surface area (Å²) in [7, 11) is 0. The lowest BCUT2D eigenvalue weighted by molar-refractivity contribution is -0.150. The number of ether oxygens (including phenoxy) is 1. The number of amides is 1. The molecular weight excluding hydrogens is 328 g/mol. The number of carbonyl (C=O) groups is 1. The number of piperidine rings is 1. The summed E-state index contributed by atoms with van der Waals surface area (Å²) in [5.41, 5.74) is 0.799. The van der Waals surface area contributed by atoms with Gasteiger partial charge in [-0.2, -0.15) is 0 Å². The Morgan fingerprint density at radius 2 is 2.09 bits per heavy atom. The first-order valence-corrected chi connectivity index (χ1v) is 7.97. The van der Waals surface area contributed by atoms with Crippen molar-refractivity contribution >= 4 is 23.2 Å². The lowest BCUT2D eigenvalue weighted by atomic mass is 10.1. The van der Waals surface area contributed by atoms with Crippen LogP contribution >= 0.6 is 11.6 Å². The number of morpholine rings is 1. The van der Waals surface area contributed by atoms with Gasteiger partial charge in [0.2, 0.25) is 0 Å². The third kappa shape index (κ3) is 3.72. The van der Waals surface area contributed by atoms with Crippen molar-refractivity contribution in [3.8, 4) is 0 Å². The third-order valence-corrected chi connectivity index (χ3v) is 4.53. The first-order valence-electron chi connectivity index (χ1n) is 7.59. The number of hydrogen-bond acceptors (Lipinski definition) is 4. The molecule has 1 aromatic rings. The van der Waals surface area contributed by atoms with E-state index in [9.17, 15) is 13.6 Å². The number of carbonyl (C=O) groups excluding carboxylic acids is 1. The summed E-state index contributed by atoms with van der Waals surface area (Å²) in [4.78, 5) is 19.9. The van der Waals surface area contributed by atoms with Gasteiger partial charge >= 0.3 is 0 Å². The second kappa shape index (κ2) is 6.57. The van der Waals surface area contributed by atoms with Crippen LogP contribution < -0.4 is 4.90 Å². The van der Waals surface area contributed by atoms with Crippen molar-refractivity contribution in [2.24, 2.45) is 0 Å². The molecule has 2 saturated heterocycles. The zero-order valence-electron chi connectivity index (χ0n) is 12.6. The Kier molecular flexibility index (Phi) is 4.68. The molecule has 2 aliphatic heterocycles. The van der Waals surface area contributed by atoms with Crippen molar-refractivity contribution in [3.63, 3.8) is 0 Å². The molecule has 23 heavy (non-hydrogen) atoms. The first-order chi connectivity index (χ1) is 11.0. The van der Waals surface area contributed by atoms with E-state index in [0.29, 0.717) is 24.7 Å². The minimum absolute atomic E-state index is 0.0711. The normalized spacial score (nSPS) is 24.6. The van der Waals surface area contributed by atoms with Gasteiger partial charge in [0, 0.05) is 44.9 Å². The predicted molar refractivity (Wildman–Crippen MR) is 82.0 cm³/mol. The van der Waals surface area contributed by atoms with Crippen LogP contribution in [0.1, 0.15) is 12.8 Å². The highest BCUT2D eigenvalue weighted by atomic mass is 35.5. The van der Waals surface area contributed by atoms with Crippen LogP contribution in [0.3, 0.4) is 0 Å². The molecule has 5 nitrogen and oxygen atoms in total. The first kappa shape index (κ1) is 16.4. The van der Waals surface area contributed by atoms with Crippen molar-refractivity contribution in [2.75, 3.05) is 37.7 Å². The number of aromatic nitrogens is 1. The Balaban J connectivity index is 1.65. The van der Waals surface area contributed by atoms with Crippen molar-refractivity contribution in [2.45, 2.75) is 24.9 Å². The molecule has 8 heteroatoms. The van der Waals surface area contributed by atoms with Crippen LogP contribution in [0.5, 0.6) is 0 Å². The topological polar surface area (TPSA) is 45.7 Å². The minimum Gasteiger partial charge on any atom is -0.365 e. The molecule has 0 saturated carbocycles. The number of nitrogens with zero attached hydrogens (tertiary/aromatic N) is 3. The fourth-order valence-electron chi connectivity index (χ4n) is 2.90. The van der Waals surface area contributed by atoms with Crippen LogP contribution in [0.2, 0.25) is 5.02 Å². The fourth-order valence-corrected chi connectivity index (χ4v) is 3.14. The van der Waals surface area contributed by atoms with E-state index in [-0.39, 0.29) is 31.8 Å². The molecule has 0 radical (unpaired) electrons. The highest BCUT2D eigenvalue weighted by molar-refractivity contribution is 6.33. The van der Waals surface area contributed by atoms with Gasteiger partial charge < -0.3 is 14.5 Å². The molecule has 1 unspecified atom stereocenters. The highest BCUT2D eigenvalue weighted by Crippen LogP contribution is 2.29. The van der Waals surface area contributed by atoms with Gasteiger partial charge in [-0.3, -0.25) is 9.78 Å². The third-order valence-electron chi connectivity index (χ3n) is 4.24. The maximum atomic E-state index is 13.2. The zero-order valence-corrected chi connectivity index (χ0v) is 13.3. The van der Waals surface area contributed by atoms with E-state index in [1.165, 1.54) is 4.90 Å².